The number of aromatic nitrogens is 3. The van der Waals surface area contributed by atoms with Crippen LogP contribution in [-0.4, -0.2) is 15.0 Å². The minimum atomic E-state index is 0.542. The van der Waals surface area contributed by atoms with Crippen molar-refractivity contribution < 1.29 is 0 Å². The van der Waals surface area contributed by atoms with Crippen molar-refractivity contribution in [2.24, 2.45) is 0 Å². The van der Waals surface area contributed by atoms with Crippen LogP contribution >= 0.6 is 0 Å². The first kappa shape index (κ1) is 17.0. The van der Waals surface area contributed by atoms with Crippen molar-refractivity contribution in [3.05, 3.63) is 77.6 Å². The third kappa shape index (κ3) is 3.87. The molecule has 0 saturated carbocycles. The molecule has 0 aliphatic heterocycles. The number of nitrogens with zero attached hydrogens (tertiary/aromatic N) is 3. The second-order valence-electron chi connectivity index (χ2n) is 6.73. The van der Waals surface area contributed by atoms with Gasteiger partial charge >= 0.3 is 0 Å². The van der Waals surface area contributed by atoms with Gasteiger partial charge in [0.1, 0.15) is 5.82 Å². The van der Waals surface area contributed by atoms with Crippen molar-refractivity contribution in [1.29, 1.82) is 0 Å². The summed E-state index contributed by atoms with van der Waals surface area (Å²) in [5, 5.41) is 7.77. The SMILES string of the molecule is Cc1cc(C)cc(Nc2cc(C)nc(Nc3cccc4cccnc34)n2)c1. The number of para-hydroxylation sites is 1. The summed E-state index contributed by atoms with van der Waals surface area (Å²) < 4.78 is 0. The number of hydrogen-bond acceptors (Lipinski definition) is 5. The molecule has 0 atom stereocenters. The van der Waals surface area contributed by atoms with Crippen LogP contribution in [-0.2, 0) is 0 Å². The second-order valence-corrected chi connectivity index (χ2v) is 6.73. The van der Waals surface area contributed by atoms with Crippen LogP contribution in [0.25, 0.3) is 10.9 Å². The van der Waals surface area contributed by atoms with E-state index in [0.717, 1.165) is 33.8 Å². The summed E-state index contributed by atoms with van der Waals surface area (Å²) in [4.78, 5) is 13.6. The Morgan fingerprint density at radius 1 is 0.778 bits per heavy atom. The van der Waals surface area contributed by atoms with E-state index >= 15 is 0 Å². The summed E-state index contributed by atoms with van der Waals surface area (Å²) in [6.45, 7) is 6.13. The van der Waals surface area contributed by atoms with Crippen molar-refractivity contribution in [2.75, 3.05) is 10.6 Å². The highest BCUT2D eigenvalue weighted by Crippen LogP contribution is 2.25. The minimum Gasteiger partial charge on any atom is -0.340 e. The van der Waals surface area contributed by atoms with E-state index in [2.05, 4.69) is 57.6 Å². The van der Waals surface area contributed by atoms with Crippen LogP contribution in [0.5, 0.6) is 0 Å². The number of aryl methyl sites for hydroxylation is 3. The fraction of sp³-hybridized carbons (Fsp3) is 0.136. The molecule has 134 valence electrons. The van der Waals surface area contributed by atoms with Gasteiger partial charge in [0.2, 0.25) is 5.95 Å². The van der Waals surface area contributed by atoms with E-state index in [1.165, 1.54) is 11.1 Å². The zero-order chi connectivity index (χ0) is 18.8. The van der Waals surface area contributed by atoms with Crippen LogP contribution in [0.15, 0.2) is 60.8 Å². The van der Waals surface area contributed by atoms with Gasteiger partial charge in [-0.15, -0.1) is 0 Å². The van der Waals surface area contributed by atoms with E-state index in [9.17, 15) is 0 Å². The Labute approximate surface area is 158 Å². The van der Waals surface area contributed by atoms with Gasteiger partial charge in [-0.3, -0.25) is 4.98 Å². The van der Waals surface area contributed by atoms with Crippen LogP contribution in [0.2, 0.25) is 0 Å². The number of fused-ring (bicyclic) bond motifs is 1. The molecule has 27 heavy (non-hydrogen) atoms. The molecule has 0 spiro atoms. The van der Waals surface area contributed by atoms with Gasteiger partial charge in [-0.25, -0.2) is 4.98 Å². The van der Waals surface area contributed by atoms with Crippen LogP contribution in [0.1, 0.15) is 16.8 Å². The Hall–Kier alpha value is -3.47. The molecule has 0 unspecified atom stereocenters. The zero-order valence-corrected chi connectivity index (χ0v) is 15.6. The molecule has 0 bridgehead atoms. The summed E-state index contributed by atoms with van der Waals surface area (Å²) in [7, 11) is 0. The Kier molecular flexibility index (Phi) is 4.42. The van der Waals surface area contributed by atoms with Gasteiger partial charge in [0.25, 0.3) is 0 Å². The lowest BCUT2D eigenvalue weighted by atomic mass is 10.1. The van der Waals surface area contributed by atoms with Gasteiger partial charge in [0.15, 0.2) is 0 Å². The van der Waals surface area contributed by atoms with Gasteiger partial charge in [-0.1, -0.05) is 24.3 Å². The molecule has 4 aromatic rings. The van der Waals surface area contributed by atoms with E-state index in [1.54, 1.807) is 6.20 Å². The molecule has 0 amide bonds. The average molecular weight is 355 g/mol. The molecule has 2 aromatic carbocycles. The van der Waals surface area contributed by atoms with Crippen molar-refractivity contribution in [3.63, 3.8) is 0 Å². The maximum absolute atomic E-state index is 4.63. The highest BCUT2D eigenvalue weighted by atomic mass is 15.1. The molecular weight excluding hydrogens is 334 g/mol. The Morgan fingerprint density at radius 2 is 1.56 bits per heavy atom. The summed E-state index contributed by atoms with van der Waals surface area (Å²) in [6.07, 6.45) is 1.79. The first-order chi connectivity index (χ1) is 13.1. The molecule has 4 rings (SSSR count). The van der Waals surface area contributed by atoms with Crippen LogP contribution < -0.4 is 10.6 Å². The number of hydrogen-bond donors (Lipinski definition) is 2. The number of nitrogens with one attached hydrogen (secondary N) is 2. The molecule has 0 aliphatic carbocycles. The quantitative estimate of drug-likeness (QED) is 0.510. The predicted octanol–water partition coefficient (Wildman–Crippen LogP) is 5.44. The lowest BCUT2D eigenvalue weighted by molar-refractivity contribution is 1.11. The summed E-state index contributed by atoms with van der Waals surface area (Å²) in [6, 6.07) is 18.3. The monoisotopic (exact) mass is 355 g/mol. The fourth-order valence-electron chi connectivity index (χ4n) is 3.21. The van der Waals surface area contributed by atoms with Crippen molar-refractivity contribution in [1.82, 2.24) is 15.0 Å². The Bertz CT molecular complexity index is 1100. The Morgan fingerprint density at radius 3 is 2.37 bits per heavy atom. The van der Waals surface area contributed by atoms with E-state index in [0.29, 0.717) is 5.95 Å². The van der Waals surface area contributed by atoms with Gasteiger partial charge in [-0.05, 0) is 56.2 Å². The second kappa shape index (κ2) is 7.03. The fourth-order valence-corrected chi connectivity index (χ4v) is 3.21. The number of pyridine rings is 1. The van der Waals surface area contributed by atoms with Crippen molar-refractivity contribution in [2.45, 2.75) is 20.8 Å². The number of rotatable bonds is 4. The molecule has 5 heteroatoms. The molecule has 2 aromatic heterocycles. The highest BCUT2D eigenvalue weighted by molar-refractivity contribution is 5.91. The number of anilines is 4. The molecule has 0 radical (unpaired) electrons. The summed E-state index contributed by atoms with van der Waals surface area (Å²) in [5.74, 6) is 1.29. The first-order valence-electron chi connectivity index (χ1n) is 8.88. The minimum absolute atomic E-state index is 0.542. The van der Waals surface area contributed by atoms with E-state index < -0.39 is 0 Å². The normalized spacial score (nSPS) is 10.8. The maximum Gasteiger partial charge on any atom is 0.229 e. The standard InChI is InChI=1S/C22H21N5/c1-14-10-15(2)12-18(11-14)25-20-13-16(3)24-22(27-20)26-19-8-4-6-17-7-5-9-23-21(17)19/h4-13H,1-3H3,(H2,24,25,26,27). The van der Waals surface area contributed by atoms with Crippen molar-refractivity contribution >= 4 is 34.0 Å². The van der Waals surface area contributed by atoms with E-state index in [-0.39, 0.29) is 0 Å². The number of benzene rings is 2. The molecule has 0 saturated heterocycles. The van der Waals surface area contributed by atoms with E-state index in [4.69, 9.17) is 0 Å². The van der Waals surface area contributed by atoms with Gasteiger partial charge in [-0.2, -0.15) is 4.98 Å². The molecule has 5 nitrogen and oxygen atoms in total. The third-order valence-corrected chi connectivity index (χ3v) is 4.23. The zero-order valence-electron chi connectivity index (χ0n) is 15.6. The molecule has 2 heterocycles. The molecule has 0 fully saturated rings. The summed E-state index contributed by atoms with van der Waals surface area (Å²) >= 11 is 0. The molecule has 0 aliphatic rings. The van der Waals surface area contributed by atoms with Gasteiger partial charge in [0, 0.05) is 29.0 Å². The van der Waals surface area contributed by atoms with Crippen LogP contribution in [0.3, 0.4) is 0 Å². The topological polar surface area (TPSA) is 62.7 Å². The van der Waals surface area contributed by atoms with Gasteiger partial charge < -0.3 is 10.6 Å². The lowest BCUT2D eigenvalue weighted by Crippen LogP contribution is -2.03. The Balaban J connectivity index is 1.66. The van der Waals surface area contributed by atoms with E-state index in [1.807, 2.05) is 43.3 Å². The first-order valence-corrected chi connectivity index (χ1v) is 8.88. The molecular formula is C22H21N5. The smallest absolute Gasteiger partial charge is 0.229 e. The summed E-state index contributed by atoms with van der Waals surface area (Å²) in [5.41, 5.74) is 6.10. The van der Waals surface area contributed by atoms with Crippen molar-refractivity contribution in [3.8, 4) is 0 Å². The van der Waals surface area contributed by atoms with Crippen LogP contribution in [0.4, 0.5) is 23.1 Å². The van der Waals surface area contributed by atoms with Crippen LogP contribution in [0, 0.1) is 20.8 Å². The average Bonchev–Trinajstić information content (AvgIpc) is 2.60. The molecule has 2 N–H and O–H groups in total. The van der Waals surface area contributed by atoms with Gasteiger partial charge in [0.05, 0.1) is 11.2 Å². The predicted molar refractivity (Wildman–Crippen MR) is 111 cm³/mol. The maximum atomic E-state index is 4.63. The highest BCUT2D eigenvalue weighted by Gasteiger charge is 2.07. The lowest BCUT2D eigenvalue weighted by Gasteiger charge is -2.12. The third-order valence-electron chi connectivity index (χ3n) is 4.23. The largest absolute Gasteiger partial charge is 0.340 e.